The van der Waals surface area contributed by atoms with Crippen LogP contribution in [0.3, 0.4) is 0 Å². The predicted octanol–water partition coefficient (Wildman–Crippen LogP) is 4.47. The Morgan fingerprint density at radius 3 is 2.20 bits per heavy atom. The highest BCUT2D eigenvalue weighted by Crippen LogP contribution is 2.47. The number of aliphatic hydroxyl groups is 1. The lowest BCUT2D eigenvalue weighted by molar-refractivity contribution is 0.0286. The normalized spacial score (nSPS) is 18.3. The van der Waals surface area contributed by atoms with Gasteiger partial charge in [-0.05, 0) is 42.5 Å². The van der Waals surface area contributed by atoms with E-state index in [0.717, 1.165) is 23.7 Å². The number of hydrogen-bond donors (Lipinski definition) is 1. The number of hydrogen-bond acceptors (Lipinski definition) is 1. The molecule has 1 aliphatic rings. The van der Waals surface area contributed by atoms with Crippen LogP contribution >= 0.6 is 15.9 Å². The molecule has 0 aliphatic heterocycles. The third kappa shape index (κ3) is 2.55. The van der Waals surface area contributed by atoms with Crippen molar-refractivity contribution in [3.8, 4) is 0 Å². The molecule has 1 saturated carbocycles. The molecule has 0 amide bonds. The summed E-state index contributed by atoms with van der Waals surface area (Å²) in [5.74, 6) is 0. The summed E-state index contributed by atoms with van der Waals surface area (Å²) >= 11 is 3.45. The van der Waals surface area contributed by atoms with E-state index in [1.165, 1.54) is 17.5 Å². The average Bonchev–Trinajstić information content (AvgIpc) is 2.41. The topological polar surface area (TPSA) is 20.2 Å². The molecule has 104 valence electrons. The maximum Gasteiger partial charge on any atom is 0.0677 e. The molecule has 2 aromatic rings. The summed E-state index contributed by atoms with van der Waals surface area (Å²) in [5, 5.41) is 10.8. The molecule has 0 heterocycles. The van der Waals surface area contributed by atoms with E-state index in [0.29, 0.717) is 0 Å². The minimum absolute atomic E-state index is 0.0334. The highest BCUT2D eigenvalue weighted by Gasteiger charge is 2.44. The van der Waals surface area contributed by atoms with Crippen molar-refractivity contribution < 1.29 is 5.11 Å². The predicted molar refractivity (Wildman–Crippen MR) is 85.8 cm³/mol. The lowest BCUT2D eigenvalue weighted by Crippen LogP contribution is -2.46. The summed E-state index contributed by atoms with van der Waals surface area (Å²) in [7, 11) is 0. The third-order valence-corrected chi connectivity index (χ3v) is 5.10. The summed E-state index contributed by atoms with van der Waals surface area (Å²) in [6.07, 6.45) is 3.82. The van der Waals surface area contributed by atoms with E-state index in [2.05, 4.69) is 52.3 Å². The van der Waals surface area contributed by atoms with Gasteiger partial charge in [0.1, 0.15) is 0 Å². The molecule has 0 bridgehead atoms. The van der Waals surface area contributed by atoms with Crippen LogP contribution in [0.1, 0.15) is 30.4 Å². The fourth-order valence-electron chi connectivity index (χ4n) is 3.18. The van der Waals surface area contributed by atoms with Crippen LogP contribution in [0.15, 0.2) is 59.1 Å². The smallest absolute Gasteiger partial charge is 0.0677 e. The molecule has 1 N–H and O–H groups in total. The van der Waals surface area contributed by atoms with Gasteiger partial charge in [-0.25, -0.2) is 0 Å². The van der Waals surface area contributed by atoms with Crippen molar-refractivity contribution in [3.05, 3.63) is 70.2 Å². The molecular weight excluding hydrogens is 312 g/mol. The maximum atomic E-state index is 10.8. The van der Waals surface area contributed by atoms with Crippen LogP contribution < -0.4 is 0 Å². The molecule has 0 radical (unpaired) electrons. The second kappa shape index (κ2) is 5.71. The van der Waals surface area contributed by atoms with E-state index in [1.54, 1.807) is 0 Å². The van der Waals surface area contributed by atoms with E-state index in [9.17, 15) is 5.11 Å². The molecule has 2 aromatic carbocycles. The zero-order valence-corrected chi connectivity index (χ0v) is 13.0. The van der Waals surface area contributed by atoms with Gasteiger partial charge in [0.05, 0.1) is 6.10 Å². The Hall–Kier alpha value is -1.12. The van der Waals surface area contributed by atoms with Crippen LogP contribution in [0.2, 0.25) is 0 Å². The molecule has 1 nitrogen and oxygen atoms in total. The van der Waals surface area contributed by atoms with E-state index in [-0.39, 0.29) is 11.5 Å². The lowest BCUT2D eigenvalue weighted by atomic mass is 9.60. The molecule has 0 spiro atoms. The summed E-state index contributed by atoms with van der Waals surface area (Å²) in [4.78, 5) is 0. The Balaban J connectivity index is 1.81. The van der Waals surface area contributed by atoms with Crippen molar-refractivity contribution in [2.24, 2.45) is 0 Å². The Labute approximate surface area is 128 Å². The standard InChI is InChI=1S/C18H19BrO/c19-16-9-7-14(8-10-16)13-17(20)18(11-4-12-18)15-5-2-1-3-6-15/h1-3,5-10,17,20H,4,11-13H2. The molecule has 3 rings (SSSR count). The average molecular weight is 331 g/mol. The minimum atomic E-state index is -0.306. The van der Waals surface area contributed by atoms with E-state index < -0.39 is 0 Å². The second-order valence-electron chi connectivity index (χ2n) is 5.72. The Morgan fingerprint density at radius 1 is 1.00 bits per heavy atom. The molecule has 2 heteroatoms. The van der Waals surface area contributed by atoms with Crippen LogP contribution in [0.25, 0.3) is 0 Å². The number of aliphatic hydroxyl groups excluding tert-OH is 1. The maximum absolute atomic E-state index is 10.8. The molecule has 20 heavy (non-hydrogen) atoms. The van der Waals surface area contributed by atoms with Crippen LogP contribution in [0, 0.1) is 0 Å². The lowest BCUT2D eigenvalue weighted by Gasteiger charge is -2.46. The first-order valence-corrected chi connectivity index (χ1v) is 7.98. The van der Waals surface area contributed by atoms with Gasteiger partial charge in [-0.3, -0.25) is 0 Å². The van der Waals surface area contributed by atoms with Gasteiger partial charge in [-0.15, -0.1) is 0 Å². The minimum Gasteiger partial charge on any atom is -0.392 e. The van der Waals surface area contributed by atoms with E-state index in [1.807, 2.05) is 18.2 Å². The molecule has 1 aliphatic carbocycles. The van der Waals surface area contributed by atoms with Gasteiger partial charge in [-0.2, -0.15) is 0 Å². The van der Waals surface area contributed by atoms with E-state index >= 15 is 0 Å². The van der Waals surface area contributed by atoms with Crippen molar-refractivity contribution >= 4 is 15.9 Å². The molecule has 1 atom stereocenters. The molecule has 1 fully saturated rings. The second-order valence-corrected chi connectivity index (χ2v) is 6.64. The van der Waals surface area contributed by atoms with Crippen LogP contribution in [-0.2, 0) is 11.8 Å². The first-order chi connectivity index (χ1) is 9.71. The van der Waals surface area contributed by atoms with Crippen LogP contribution in [-0.4, -0.2) is 11.2 Å². The zero-order chi connectivity index (χ0) is 14.0. The summed E-state index contributed by atoms with van der Waals surface area (Å²) in [5.41, 5.74) is 2.45. The molecular formula is C18H19BrO. The first kappa shape index (κ1) is 13.8. The van der Waals surface area contributed by atoms with Crippen LogP contribution in [0.4, 0.5) is 0 Å². The fraction of sp³-hybridized carbons (Fsp3) is 0.333. The third-order valence-electron chi connectivity index (χ3n) is 4.57. The van der Waals surface area contributed by atoms with Gasteiger partial charge in [0.2, 0.25) is 0 Å². The van der Waals surface area contributed by atoms with Gasteiger partial charge in [0.25, 0.3) is 0 Å². The van der Waals surface area contributed by atoms with Crippen molar-refractivity contribution in [2.45, 2.75) is 37.2 Å². The summed E-state index contributed by atoms with van der Waals surface area (Å²) < 4.78 is 1.08. The molecule has 0 saturated heterocycles. The summed E-state index contributed by atoms with van der Waals surface area (Å²) in [6.45, 7) is 0. The van der Waals surface area contributed by atoms with Gasteiger partial charge in [-0.1, -0.05) is 64.8 Å². The molecule has 0 aromatic heterocycles. The zero-order valence-electron chi connectivity index (χ0n) is 11.4. The Morgan fingerprint density at radius 2 is 1.65 bits per heavy atom. The van der Waals surface area contributed by atoms with E-state index in [4.69, 9.17) is 0 Å². The van der Waals surface area contributed by atoms with Gasteiger partial charge >= 0.3 is 0 Å². The number of benzene rings is 2. The Bertz CT molecular complexity index is 558. The highest BCUT2D eigenvalue weighted by atomic mass is 79.9. The quantitative estimate of drug-likeness (QED) is 0.876. The SMILES string of the molecule is OC(Cc1ccc(Br)cc1)C1(c2ccccc2)CCC1. The van der Waals surface area contributed by atoms with Crippen molar-refractivity contribution in [2.75, 3.05) is 0 Å². The first-order valence-electron chi connectivity index (χ1n) is 7.19. The fourth-order valence-corrected chi connectivity index (χ4v) is 3.45. The van der Waals surface area contributed by atoms with Crippen molar-refractivity contribution in [1.82, 2.24) is 0 Å². The van der Waals surface area contributed by atoms with Gasteiger partial charge in [0, 0.05) is 9.89 Å². The highest BCUT2D eigenvalue weighted by molar-refractivity contribution is 9.10. The van der Waals surface area contributed by atoms with Gasteiger partial charge < -0.3 is 5.11 Å². The van der Waals surface area contributed by atoms with Crippen molar-refractivity contribution in [3.63, 3.8) is 0 Å². The summed E-state index contributed by atoms with van der Waals surface area (Å²) in [6, 6.07) is 18.7. The Kier molecular flexibility index (Phi) is 3.95. The number of rotatable bonds is 4. The molecule has 1 unspecified atom stereocenters. The van der Waals surface area contributed by atoms with Gasteiger partial charge in [0.15, 0.2) is 0 Å². The van der Waals surface area contributed by atoms with Crippen molar-refractivity contribution in [1.29, 1.82) is 0 Å². The van der Waals surface area contributed by atoms with Crippen LogP contribution in [0.5, 0.6) is 0 Å². The number of halogens is 1. The largest absolute Gasteiger partial charge is 0.392 e. The monoisotopic (exact) mass is 330 g/mol.